The molecule has 0 unspecified atom stereocenters. The number of nitrogens with one attached hydrogen (secondary N) is 1. The fourth-order valence-electron chi connectivity index (χ4n) is 2.53. The summed E-state index contributed by atoms with van der Waals surface area (Å²) in [6.45, 7) is 4.06. The predicted molar refractivity (Wildman–Crippen MR) is 98.0 cm³/mol. The quantitative estimate of drug-likeness (QED) is 0.721. The molecule has 0 bridgehead atoms. The first-order valence-electron chi connectivity index (χ1n) is 8.32. The van der Waals surface area contributed by atoms with Crippen LogP contribution >= 0.6 is 0 Å². The molecular formula is C20H19FN2O3. The van der Waals surface area contributed by atoms with E-state index in [1.165, 1.54) is 24.3 Å². The van der Waals surface area contributed by atoms with Gasteiger partial charge in [0.2, 0.25) is 0 Å². The van der Waals surface area contributed by atoms with Gasteiger partial charge in [-0.05, 0) is 62.4 Å². The molecule has 1 atom stereocenters. The Kier molecular flexibility index (Phi) is 5.31. The summed E-state index contributed by atoms with van der Waals surface area (Å²) in [5.74, 6) is 0.412. The summed E-state index contributed by atoms with van der Waals surface area (Å²) in [7, 11) is 0. The predicted octanol–water partition coefficient (Wildman–Crippen LogP) is 4.18. The van der Waals surface area contributed by atoms with Gasteiger partial charge in [0.1, 0.15) is 22.8 Å². The van der Waals surface area contributed by atoms with Crippen molar-refractivity contribution in [3.8, 4) is 11.5 Å². The zero-order valence-electron chi connectivity index (χ0n) is 14.5. The van der Waals surface area contributed by atoms with E-state index < -0.39 is 6.10 Å². The summed E-state index contributed by atoms with van der Waals surface area (Å²) in [5.41, 5.74) is 1.30. The van der Waals surface area contributed by atoms with Crippen molar-refractivity contribution in [3.05, 3.63) is 60.5 Å². The number of aromatic nitrogens is 1. The smallest absolute Gasteiger partial charge is 0.265 e. The van der Waals surface area contributed by atoms with Crippen LogP contribution in [0.2, 0.25) is 0 Å². The highest BCUT2D eigenvalue weighted by Gasteiger charge is 2.17. The van der Waals surface area contributed by atoms with Crippen LogP contribution in [0.5, 0.6) is 11.5 Å². The number of benzene rings is 2. The molecule has 1 amide bonds. The number of nitrogens with zero attached hydrogens (tertiary/aromatic N) is 1. The van der Waals surface area contributed by atoms with Crippen LogP contribution in [0.4, 0.5) is 10.1 Å². The molecule has 3 aromatic rings. The summed E-state index contributed by atoms with van der Waals surface area (Å²) in [5, 5.41) is 3.63. The lowest BCUT2D eigenvalue weighted by molar-refractivity contribution is -0.122. The molecule has 5 nitrogen and oxygen atoms in total. The average Bonchev–Trinajstić information content (AvgIpc) is 2.65. The standard InChI is InChI=1S/C20H19FN2O3/c1-3-25-18-11-10-17(16-5-4-12-22-19(16)18)23-20(24)13(2)26-15-8-6-14(21)7-9-15/h4-13H,3H2,1-2H3,(H,23,24)/t13-/m1/s1. The van der Waals surface area contributed by atoms with Crippen LogP contribution in [0, 0.1) is 5.82 Å². The first-order chi connectivity index (χ1) is 12.6. The molecule has 1 N–H and O–H groups in total. The number of hydrogen-bond donors (Lipinski definition) is 1. The monoisotopic (exact) mass is 354 g/mol. The molecule has 0 saturated carbocycles. The van der Waals surface area contributed by atoms with Gasteiger partial charge in [-0.15, -0.1) is 0 Å². The molecule has 0 radical (unpaired) electrons. The second kappa shape index (κ2) is 7.82. The molecular weight excluding hydrogens is 335 g/mol. The van der Waals surface area contributed by atoms with E-state index >= 15 is 0 Å². The van der Waals surface area contributed by atoms with Crippen LogP contribution in [0.3, 0.4) is 0 Å². The van der Waals surface area contributed by atoms with Crippen LogP contribution in [-0.2, 0) is 4.79 Å². The Morgan fingerprint density at radius 1 is 1.19 bits per heavy atom. The Balaban J connectivity index is 1.78. The van der Waals surface area contributed by atoms with Crippen molar-refractivity contribution >= 4 is 22.5 Å². The van der Waals surface area contributed by atoms with Gasteiger partial charge in [0.25, 0.3) is 5.91 Å². The Hall–Kier alpha value is -3.15. The third kappa shape index (κ3) is 3.91. The molecule has 0 fully saturated rings. The first-order valence-corrected chi connectivity index (χ1v) is 8.32. The second-order valence-corrected chi connectivity index (χ2v) is 5.65. The van der Waals surface area contributed by atoms with Crippen LogP contribution < -0.4 is 14.8 Å². The van der Waals surface area contributed by atoms with Gasteiger partial charge in [0.05, 0.1) is 12.3 Å². The molecule has 0 aliphatic rings. The molecule has 0 spiro atoms. The van der Waals surface area contributed by atoms with Crippen LogP contribution in [0.15, 0.2) is 54.7 Å². The van der Waals surface area contributed by atoms with Crippen molar-refractivity contribution in [1.82, 2.24) is 4.98 Å². The minimum atomic E-state index is -0.751. The van der Waals surface area contributed by atoms with Gasteiger partial charge in [0.15, 0.2) is 6.10 Å². The topological polar surface area (TPSA) is 60.5 Å². The van der Waals surface area contributed by atoms with Gasteiger partial charge in [-0.3, -0.25) is 9.78 Å². The molecule has 6 heteroatoms. The van der Waals surface area contributed by atoms with Crippen LogP contribution in [-0.4, -0.2) is 23.6 Å². The van der Waals surface area contributed by atoms with E-state index in [2.05, 4.69) is 10.3 Å². The van der Waals surface area contributed by atoms with Crippen molar-refractivity contribution < 1.29 is 18.7 Å². The van der Waals surface area contributed by atoms with Gasteiger partial charge < -0.3 is 14.8 Å². The number of halogens is 1. The molecule has 2 aromatic carbocycles. The van der Waals surface area contributed by atoms with E-state index in [1.807, 2.05) is 13.0 Å². The van der Waals surface area contributed by atoms with Gasteiger partial charge in [-0.1, -0.05) is 0 Å². The Bertz CT molecular complexity index is 913. The highest BCUT2D eigenvalue weighted by Crippen LogP contribution is 2.30. The number of hydrogen-bond acceptors (Lipinski definition) is 4. The highest BCUT2D eigenvalue weighted by atomic mass is 19.1. The van der Waals surface area contributed by atoms with Gasteiger partial charge in [0, 0.05) is 11.6 Å². The van der Waals surface area contributed by atoms with E-state index in [0.717, 1.165) is 5.39 Å². The Morgan fingerprint density at radius 2 is 1.96 bits per heavy atom. The number of carbonyl (C=O) groups excluding carboxylic acids is 1. The SMILES string of the molecule is CCOc1ccc(NC(=O)[C@@H](C)Oc2ccc(F)cc2)c2cccnc12. The fraction of sp³-hybridized carbons (Fsp3) is 0.200. The summed E-state index contributed by atoms with van der Waals surface area (Å²) >= 11 is 0. The van der Waals surface area contributed by atoms with E-state index in [4.69, 9.17) is 9.47 Å². The maximum absolute atomic E-state index is 13.0. The third-order valence-electron chi connectivity index (χ3n) is 3.79. The minimum Gasteiger partial charge on any atom is -0.492 e. The lowest BCUT2D eigenvalue weighted by atomic mass is 10.1. The molecule has 0 saturated heterocycles. The van der Waals surface area contributed by atoms with Crippen LogP contribution in [0.1, 0.15) is 13.8 Å². The third-order valence-corrected chi connectivity index (χ3v) is 3.79. The van der Waals surface area contributed by atoms with E-state index in [1.54, 1.807) is 31.3 Å². The van der Waals surface area contributed by atoms with E-state index in [9.17, 15) is 9.18 Å². The summed E-state index contributed by atoms with van der Waals surface area (Å²) in [6, 6.07) is 12.7. The van der Waals surface area contributed by atoms with E-state index in [0.29, 0.717) is 29.3 Å². The lowest BCUT2D eigenvalue weighted by Crippen LogP contribution is -2.30. The molecule has 0 aliphatic heterocycles. The van der Waals surface area contributed by atoms with E-state index in [-0.39, 0.29) is 11.7 Å². The number of carbonyl (C=O) groups is 1. The number of ether oxygens (including phenoxy) is 2. The molecule has 26 heavy (non-hydrogen) atoms. The lowest BCUT2D eigenvalue weighted by Gasteiger charge is -2.16. The number of anilines is 1. The number of rotatable bonds is 6. The fourth-order valence-corrected chi connectivity index (χ4v) is 2.53. The van der Waals surface area contributed by atoms with Crippen molar-refractivity contribution in [1.29, 1.82) is 0 Å². The minimum absolute atomic E-state index is 0.316. The number of amides is 1. The molecule has 1 heterocycles. The van der Waals surface area contributed by atoms with Gasteiger partial charge >= 0.3 is 0 Å². The zero-order valence-corrected chi connectivity index (χ0v) is 14.5. The summed E-state index contributed by atoms with van der Waals surface area (Å²) < 4.78 is 24.1. The average molecular weight is 354 g/mol. The largest absolute Gasteiger partial charge is 0.492 e. The van der Waals surface area contributed by atoms with Gasteiger partial charge in [-0.2, -0.15) is 0 Å². The maximum Gasteiger partial charge on any atom is 0.265 e. The van der Waals surface area contributed by atoms with Crippen molar-refractivity contribution in [2.24, 2.45) is 0 Å². The Morgan fingerprint density at radius 3 is 2.69 bits per heavy atom. The molecule has 3 rings (SSSR count). The molecule has 0 aliphatic carbocycles. The van der Waals surface area contributed by atoms with Crippen molar-refractivity contribution in [2.75, 3.05) is 11.9 Å². The Labute approximate surface area is 150 Å². The zero-order chi connectivity index (χ0) is 18.5. The van der Waals surface area contributed by atoms with Crippen molar-refractivity contribution in [2.45, 2.75) is 20.0 Å². The normalized spacial score (nSPS) is 11.8. The van der Waals surface area contributed by atoms with Gasteiger partial charge in [-0.25, -0.2) is 4.39 Å². The second-order valence-electron chi connectivity index (χ2n) is 5.65. The van der Waals surface area contributed by atoms with Crippen molar-refractivity contribution in [3.63, 3.8) is 0 Å². The summed E-state index contributed by atoms with van der Waals surface area (Å²) in [6.07, 6.45) is 0.926. The van der Waals surface area contributed by atoms with Crippen LogP contribution in [0.25, 0.3) is 10.9 Å². The molecule has 134 valence electrons. The molecule has 1 aromatic heterocycles. The summed E-state index contributed by atoms with van der Waals surface area (Å²) in [4.78, 5) is 16.8. The maximum atomic E-state index is 13.0. The number of pyridine rings is 1. The highest BCUT2D eigenvalue weighted by molar-refractivity contribution is 6.04. The first kappa shape index (κ1) is 17.7. The number of fused-ring (bicyclic) bond motifs is 1.